The highest BCUT2D eigenvalue weighted by Crippen LogP contribution is 2.23. The fourth-order valence-electron chi connectivity index (χ4n) is 1.53. The molecule has 0 fully saturated rings. The van der Waals surface area contributed by atoms with Gasteiger partial charge in [0.2, 0.25) is 0 Å². The molecule has 1 unspecified atom stereocenters. The van der Waals surface area contributed by atoms with E-state index < -0.39 is 0 Å². The van der Waals surface area contributed by atoms with Crippen molar-refractivity contribution in [3.63, 3.8) is 0 Å². The smallest absolute Gasteiger partial charge is 0.125 e. The standard InChI is InChI=1S/C11H11BrFN3/c1-6-4-10(15-16-11(6)14)8-5-7(13)2-3-9(8)12/h2-3,5-6H,4H2,1H3,(H2,14,16). The summed E-state index contributed by atoms with van der Waals surface area (Å²) in [6.07, 6.45) is 0.678. The topological polar surface area (TPSA) is 50.7 Å². The summed E-state index contributed by atoms with van der Waals surface area (Å²) in [6.45, 7) is 1.97. The number of nitrogens with zero attached hydrogens (tertiary/aromatic N) is 2. The van der Waals surface area contributed by atoms with Gasteiger partial charge in [-0.05, 0) is 18.2 Å². The van der Waals surface area contributed by atoms with Crippen molar-refractivity contribution >= 4 is 27.5 Å². The van der Waals surface area contributed by atoms with Crippen molar-refractivity contribution in [2.45, 2.75) is 13.3 Å². The molecule has 1 heterocycles. The molecule has 3 nitrogen and oxygen atoms in total. The first-order chi connectivity index (χ1) is 7.58. The first kappa shape index (κ1) is 11.3. The molecule has 0 aromatic heterocycles. The van der Waals surface area contributed by atoms with Crippen LogP contribution in [0.25, 0.3) is 0 Å². The van der Waals surface area contributed by atoms with E-state index in [1.165, 1.54) is 12.1 Å². The van der Waals surface area contributed by atoms with Crippen molar-refractivity contribution in [1.29, 1.82) is 0 Å². The molecule has 1 aromatic rings. The van der Waals surface area contributed by atoms with Crippen molar-refractivity contribution in [2.75, 3.05) is 0 Å². The maximum atomic E-state index is 13.1. The van der Waals surface area contributed by atoms with Crippen molar-refractivity contribution in [2.24, 2.45) is 21.9 Å². The fourth-order valence-corrected chi connectivity index (χ4v) is 2.01. The molecule has 1 aromatic carbocycles. The van der Waals surface area contributed by atoms with E-state index in [9.17, 15) is 4.39 Å². The fraction of sp³-hybridized carbons (Fsp3) is 0.273. The molecule has 16 heavy (non-hydrogen) atoms. The third-order valence-corrected chi connectivity index (χ3v) is 3.22. The highest BCUT2D eigenvalue weighted by molar-refractivity contribution is 9.10. The lowest BCUT2D eigenvalue weighted by atomic mass is 9.97. The number of hydrogen-bond acceptors (Lipinski definition) is 3. The zero-order valence-corrected chi connectivity index (χ0v) is 10.3. The van der Waals surface area contributed by atoms with Crippen molar-refractivity contribution in [3.8, 4) is 0 Å². The van der Waals surface area contributed by atoms with Crippen molar-refractivity contribution in [1.82, 2.24) is 0 Å². The van der Waals surface area contributed by atoms with Gasteiger partial charge in [-0.15, -0.1) is 5.10 Å². The predicted octanol–water partition coefficient (Wildman–Crippen LogP) is 2.69. The van der Waals surface area contributed by atoms with E-state index in [4.69, 9.17) is 5.73 Å². The number of benzene rings is 1. The molecular weight excluding hydrogens is 273 g/mol. The molecule has 0 radical (unpaired) electrons. The second kappa shape index (κ2) is 4.33. The van der Waals surface area contributed by atoms with Gasteiger partial charge in [0.1, 0.15) is 11.7 Å². The molecule has 0 spiro atoms. The van der Waals surface area contributed by atoms with Crippen LogP contribution >= 0.6 is 15.9 Å². The van der Waals surface area contributed by atoms with E-state index in [-0.39, 0.29) is 11.7 Å². The monoisotopic (exact) mass is 283 g/mol. The predicted molar refractivity (Wildman–Crippen MR) is 66.0 cm³/mol. The Labute approximate surface area is 101 Å². The molecule has 5 heteroatoms. The van der Waals surface area contributed by atoms with E-state index in [0.29, 0.717) is 12.3 Å². The summed E-state index contributed by atoms with van der Waals surface area (Å²) in [5.41, 5.74) is 7.14. The van der Waals surface area contributed by atoms with E-state index in [2.05, 4.69) is 26.1 Å². The summed E-state index contributed by atoms with van der Waals surface area (Å²) < 4.78 is 14.0. The van der Waals surface area contributed by atoms with Crippen molar-refractivity contribution in [3.05, 3.63) is 34.1 Å². The number of hydrogen-bond donors (Lipinski definition) is 1. The van der Waals surface area contributed by atoms with Crippen LogP contribution in [0.5, 0.6) is 0 Å². The number of halogens is 2. The third kappa shape index (κ3) is 2.14. The Hall–Kier alpha value is -1.23. The van der Waals surface area contributed by atoms with Gasteiger partial charge in [0.15, 0.2) is 0 Å². The van der Waals surface area contributed by atoms with Crippen LogP contribution in [-0.2, 0) is 0 Å². The van der Waals surface area contributed by atoms with Gasteiger partial charge in [-0.1, -0.05) is 22.9 Å². The zero-order chi connectivity index (χ0) is 11.7. The van der Waals surface area contributed by atoms with Crippen molar-refractivity contribution < 1.29 is 4.39 Å². The molecule has 0 saturated carbocycles. The maximum absolute atomic E-state index is 13.1. The highest BCUT2D eigenvalue weighted by Gasteiger charge is 2.19. The number of rotatable bonds is 1. The first-order valence-electron chi connectivity index (χ1n) is 4.93. The molecular formula is C11H11BrFN3. The van der Waals surface area contributed by atoms with Gasteiger partial charge in [0.25, 0.3) is 0 Å². The molecule has 1 aliphatic heterocycles. The van der Waals surface area contributed by atoms with E-state index in [0.717, 1.165) is 15.7 Å². The zero-order valence-electron chi connectivity index (χ0n) is 8.74. The summed E-state index contributed by atoms with van der Waals surface area (Å²) >= 11 is 3.37. The Morgan fingerprint density at radius 2 is 2.19 bits per heavy atom. The molecule has 0 saturated heterocycles. The van der Waals surface area contributed by atoms with Gasteiger partial charge in [-0.3, -0.25) is 0 Å². The lowest BCUT2D eigenvalue weighted by Gasteiger charge is -2.16. The van der Waals surface area contributed by atoms with E-state index >= 15 is 0 Å². The van der Waals surface area contributed by atoms with Crippen LogP contribution in [0.1, 0.15) is 18.9 Å². The van der Waals surface area contributed by atoms with Crippen LogP contribution in [0.2, 0.25) is 0 Å². The minimum atomic E-state index is -0.281. The van der Waals surface area contributed by atoms with Gasteiger partial charge < -0.3 is 5.73 Å². The highest BCUT2D eigenvalue weighted by atomic mass is 79.9. The molecule has 84 valence electrons. The normalized spacial score (nSPS) is 20.3. The van der Waals surface area contributed by atoms with E-state index in [1.807, 2.05) is 6.92 Å². The quantitative estimate of drug-likeness (QED) is 0.847. The van der Waals surface area contributed by atoms with Crippen LogP contribution in [0.15, 0.2) is 32.9 Å². The second-order valence-corrected chi connectivity index (χ2v) is 4.66. The summed E-state index contributed by atoms with van der Waals surface area (Å²) in [5, 5.41) is 7.89. The average molecular weight is 284 g/mol. The lowest BCUT2D eigenvalue weighted by Crippen LogP contribution is -2.27. The molecule has 0 amide bonds. The summed E-state index contributed by atoms with van der Waals surface area (Å²) in [5.74, 6) is 0.384. The Morgan fingerprint density at radius 1 is 1.44 bits per heavy atom. The molecule has 2 N–H and O–H groups in total. The Balaban J connectivity index is 2.42. The lowest BCUT2D eigenvalue weighted by molar-refractivity contribution is 0.627. The van der Waals surface area contributed by atoms with Crippen LogP contribution in [0, 0.1) is 11.7 Å². The van der Waals surface area contributed by atoms with Gasteiger partial charge in [0.05, 0.1) is 5.71 Å². The van der Waals surface area contributed by atoms with Crippen LogP contribution < -0.4 is 5.73 Å². The minimum Gasteiger partial charge on any atom is -0.385 e. The SMILES string of the molecule is CC1CC(c2cc(F)ccc2Br)=NN=C1N. The van der Waals surface area contributed by atoms with Gasteiger partial charge in [-0.25, -0.2) is 4.39 Å². The Kier molecular flexibility index (Phi) is 3.05. The van der Waals surface area contributed by atoms with Gasteiger partial charge in [0, 0.05) is 22.4 Å². The Morgan fingerprint density at radius 3 is 2.88 bits per heavy atom. The van der Waals surface area contributed by atoms with Crippen LogP contribution in [0.3, 0.4) is 0 Å². The third-order valence-electron chi connectivity index (χ3n) is 2.53. The first-order valence-corrected chi connectivity index (χ1v) is 5.72. The van der Waals surface area contributed by atoms with Gasteiger partial charge in [-0.2, -0.15) is 5.10 Å². The minimum absolute atomic E-state index is 0.141. The molecule has 1 atom stereocenters. The van der Waals surface area contributed by atoms with Crippen LogP contribution in [0.4, 0.5) is 4.39 Å². The summed E-state index contributed by atoms with van der Waals surface area (Å²) in [6, 6.07) is 4.52. The molecule has 1 aliphatic rings. The molecule has 2 rings (SSSR count). The molecule has 0 aliphatic carbocycles. The largest absolute Gasteiger partial charge is 0.385 e. The molecule has 0 bridgehead atoms. The Bertz CT molecular complexity index is 482. The second-order valence-electron chi connectivity index (χ2n) is 3.80. The van der Waals surface area contributed by atoms with Crippen LogP contribution in [-0.4, -0.2) is 11.5 Å². The maximum Gasteiger partial charge on any atom is 0.125 e. The van der Waals surface area contributed by atoms with Gasteiger partial charge >= 0.3 is 0 Å². The number of nitrogens with two attached hydrogens (primary N) is 1. The summed E-state index contributed by atoms with van der Waals surface area (Å²) in [4.78, 5) is 0. The summed E-state index contributed by atoms with van der Waals surface area (Å²) in [7, 11) is 0. The number of amidine groups is 1. The van der Waals surface area contributed by atoms with E-state index in [1.54, 1.807) is 6.07 Å². The average Bonchev–Trinajstić information content (AvgIpc) is 2.26.